The van der Waals surface area contributed by atoms with Crippen LogP contribution in [0.25, 0.3) is 0 Å². The molecule has 0 spiro atoms. The average Bonchev–Trinajstić information content (AvgIpc) is 2.64. The molecule has 0 bridgehead atoms. The second-order valence-electron chi connectivity index (χ2n) is 6.37. The summed E-state index contributed by atoms with van der Waals surface area (Å²) in [4.78, 5) is 13.2. The van der Waals surface area contributed by atoms with Crippen molar-refractivity contribution in [3.05, 3.63) is 54.3 Å². The standard InChI is InChI=1S/C19H23FN2O3S2/c1-14(2)12-21-19(23)13-22(16-6-4-5-15(20)11-16)27(24,25)18-9-7-17(26-3)8-10-18/h4-11,14H,12-13H2,1-3H3,(H,21,23). The topological polar surface area (TPSA) is 66.5 Å². The number of sulfonamides is 1. The molecule has 0 atom stereocenters. The third-order valence-corrected chi connectivity index (χ3v) is 6.27. The minimum absolute atomic E-state index is 0.0428. The van der Waals surface area contributed by atoms with Crippen molar-refractivity contribution in [2.75, 3.05) is 23.7 Å². The highest BCUT2D eigenvalue weighted by molar-refractivity contribution is 7.98. The van der Waals surface area contributed by atoms with E-state index in [0.717, 1.165) is 15.3 Å². The summed E-state index contributed by atoms with van der Waals surface area (Å²) in [6.45, 7) is 3.88. The van der Waals surface area contributed by atoms with Gasteiger partial charge in [-0.15, -0.1) is 11.8 Å². The van der Waals surface area contributed by atoms with E-state index in [9.17, 15) is 17.6 Å². The third-order valence-electron chi connectivity index (χ3n) is 3.74. The summed E-state index contributed by atoms with van der Waals surface area (Å²) in [5, 5.41) is 2.70. The second-order valence-corrected chi connectivity index (χ2v) is 9.11. The maximum Gasteiger partial charge on any atom is 0.264 e. The van der Waals surface area contributed by atoms with Gasteiger partial charge in [0.05, 0.1) is 10.6 Å². The van der Waals surface area contributed by atoms with Crippen LogP contribution in [0.2, 0.25) is 0 Å². The van der Waals surface area contributed by atoms with Gasteiger partial charge >= 0.3 is 0 Å². The van der Waals surface area contributed by atoms with Gasteiger partial charge in [0.15, 0.2) is 0 Å². The summed E-state index contributed by atoms with van der Waals surface area (Å²) in [6, 6.07) is 11.6. The molecule has 0 aromatic heterocycles. The summed E-state index contributed by atoms with van der Waals surface area (Å²) in [6.07, 6.45) is 1.89. The molecular weight excluding hydrogens is 387 g/mol. The number of thioether (sulfide) groups is 1. The molecule has 27 heavy (non-hydrogen) atoms. The molecule has 1 amide bonds. The number of amides is 1. The third kappa shape index (κ3) is 5.71. The van der Waals surface area contributed by atoms with E-state index in [-0.39, 0.29) is 16.5 Å². The van der Waals surface area contributed by atoms with Gasteiger partial charge in [0.25, 0.3) is 10.0 Å². The molecule has 2 aromatic carbocycles. The molecule has 0 unspecified atom stereocenters. The molecule has 2 aromatic rings. The number of hydrogen-bond acceptors (Lipinski definition) is 4. The highest BCUT2D eigenvalue weighted by atomic mass is 32.2. The molecular formula is C19H23FN2O3S2. The summed E-state index contributed by atoms with van der Waals surface area (Å²) < 4.78 is 40.9. The molecule has 8 heteroatoms. The van der Waals surface area contributed by atoms with Gasteiger partial charge < -0.3 is 5.32 Å². The molecule has 0 aliphatic heterocycles. The van der Waals surface area contributed by atoms with Crippen LogP contribution in [0.4, 0.5) is 10.1 Å². The maximum atomic E-state index is 13.7. The van der Waals surface area contributed by atoms with Crippen molar-refractivity contribution in [1.29, 1.82) is 0 Å². The van der Waals surface area contributed by atoms with Crippen LogP contribution in [0.1, 0.15) is 13.8 Å². The van der Waals surface area contributed by atoms with E-state index in [4.69, 9.17) is 0 Å². The Labute approximate surface area is 164 Å². The fourth-order valence-corrected chi connectivity index (χ4v) is 4.15. The highest BCUT2D eigenvalue weighted by Crippen LogP contribution is 2.25. The van der Waals surface area contributed by atoms with E-state index < -0.39 is 28.3 Å². The first kappa shape index (κ1) is 21.2. The number of halogens is 1. The van der Waals surface area contributed by atoms with Crippen molar-refractivity contribution in [2.24, 2.45) is 5.92 Å². The molecule has 0 fully saturated rings. The normalized spacial score (nSPS) is 11.4. The van der Waals surface area contributed by atoms with Crippen LogP contribution in [-0.4, -0.2) is 33.7 Å². The first-order valence-corrected chi connectivity index (χ1v) is 11.1. The zero-order chi connectivity index (χ0) is 20.0. The number of hydrogen-bond donors (Lipinski definition) is 1. The molecule has 146 valence electrons. The monoisotopic (exact) mass is 410 g/mol. The fourth-order valence-electron chi connectivity index (χ4n) is 2.33. The van der Waals surface area contributed by atoms with Crippen LogP contribution in [0.3, 0.4) is 0 Å². The highest BCUT2D eigenvalue weighted by Gasteiger charge is 2.27. The van der Waals surface area contributed by atoms with Crippen molar-refractivity contribution in [1.82, 2.24) is 5.32 Å². The number of nitrogens with one attached hydrogen (secondary N) is 1. The van der Waals surface area contributed by atoms with Gasteiger partial charge in [-0.2, -0.15) is 0 Å². The molecule has 2 rings (SSSR count). The summed E-state index contributed by atoms with van der Waals surface area (Å²) in [5.41, 5.74) is 0.101. The van der Waals surface area contributed by atoms with Gasteiger partial charge in [0.1, 0.15) is 12.4 Å². The van der Waals surface area contributed by atoms with E-state index in [1.54, 1.807) is 12.1 Å². The predicted octanol–water partition coefficient (Wildman–Crippen LogP) is 3.52. The molecule has 1 N–H and O–H groups in total. The first-order chi connectivity index (χ1) is 12.7. The zero-order valence-corrected chi connectivity index (χ0v) is 17.1. The second kappa shape index (κ2) is 9.23. The number of carbonyl (C=O) groups is 1. The maximum absolute atomic E-state index is 13.7. The van der Waals surface area contributed by atoms with E-state index in [1.807, 2.05) is 20.1 Å². The lowest BCUT2D eigenvalue weighted by Gasteiger charge is -2.24. The van der Waals surface area contributed by atoms with Crippen LogP contribution in [0, 0.1) is 11.7 Å². The Morgan fingerprint density at radius 1 is 1.19 bits per heavy atom. The molecule has 0 heterocycles. The van der Waals surface area contributed by atoms with E-state index in [2.05, 4.69) is 5.32 Å². The Bertz CT molecular complexity index is 884. The van der Waals surface area contributed by atoms with Gasteiger partial charge in [-0.05, 0) is 54.6 Å². The lowest BCUT2D eigenvalue weighted by Crippen LogP contribution is -2.41. The van der Waals surface area contributed by atoms with Crippen LogP contribution in [0.5, 0.6) is 0 Å². The van der Waals surface area contributed by atoms with Crippen LogP contribution in [0.15, 0.2) is 58.3 Å². The number of carbonyl (C=O) groups excluding carboxylic acids is 1. The lowest BCUT2D eigenvalue weighted by atomic mass is 10.2. The summed E-state index contributed by atoms with van der Waals surface area (Å²) >= 11 is 1.49. The van der Waals surface area contributed by atoms with Crippen LogP contribution < -0.4 is 9.62 Å². The molecule has 0 aliphatic rings. The van der Waals surface area contributed by atoms with E-state index >= 15 is 0 Å². The average molecular weight is 411 g/mol. The Hall–Kier alpha value is -2.06. The number of nitrogens with zero attached hydrogens (tertiary/aromatic N) is 1. The molecule has 0 radical (unpaired) electrons. The van der Waals surface area contributed by atoms with Gasteiger partial charge in [-0.1, -0.05) is 19.9 Å². The minimum Gasteiger partial charge on any atom is -0.354 e. The van der Waals surface area contributed by atoms with Crippen molar-refractivity contribution in [2.45, 2.75) is 23.6 Å². The number of benzene rings is 2. The molecule has 0 saturated carbocycles. The van der Waals surface area contributed by atoms with E-state index in [0.29, 0.717) is 6.54 Å². The Morgan fingerprint density at radius 2 is 1.85 bits per heavy atom. The van der Waals surface area contributed by atoms with Gasteiger partial charge in [0, 0.05) is 11.4 Å². The van der Waals surface area contributed by atoms with Crippen LogP contribution in [-0.2, 0) is 14.8 Å². The van der Waals surface area contributed by atoms with Gasteiger partial charge in [-0.3, -0.25) is 9.10 Å². The molecule has 0 saturated heterocycles. The SMILES string of the molecule is CSc1ccc(S(=O)(=O)N(CC(=O)NCC(C)C)c2cccc(F)c2)cc1. The zero-order valence-electron chi connectivity index (χ0n) is 15.5. The molecule has 0 aliphatic carbocycles. The van der Waals surface area contributed by atoms with Crippen molar-refractivity contribution >= 4 is 33.4 Å². The Kier molecular flexibility index (Phi) is 7.26. The number of anilines is 1. The largest absolute Gasteiger partial charge is 0.354 e. The Morgan fingerprint density at radius 3 is 2.41 bits per heavy atom. The predicted molar refractivity (Wildman–Crippen MR) is 107 cm³/mol. The lowest BCUT2D eigenvalue weighted by molar-refractivity contribution is -0.119. The molecule has 5 nitrogen and oxygen atoms in total. The fraction of sp³-hybridized carbons (Fsp3) is 0.316. The van der Waals surface area contributed by atoms with Gasteiger partial charge in [0.2, 0.25) is 5.91 Å². The van der Waals surface area contributed by atoms with Crippen LogP contribution >= 0.6 is 11.8 Å². The van der Waals surface area contributed by atoms with Crippen molar-refractivity contribution < 1.29 is 17.6 Å². The van der Waals surface area contributed by atoms with E-state index in [1.165, 1.54) is 42.1 Å². The van der Waals surface area contributed by atoms with Gasteiger partial charge in [-0.25, -0.2) is 12.8 Å². The summed E-state index contributed by atoms with van der Waals surface area (Å²) in [7, 11) is -4.03. The van der Waals surface area contributed by atoms with Crippen molar-refractivity contribution in [3.8, 4) is 0 Å². The number of rotatable bonds is 8. The Balaban J connectivity index is 2.39. The quantitative estimate of drug-likeness (QED) is 0.677. The first-order valence-electron chi connectivity index (χ1n) is 8.43. The minimum atomic E-state index is -4.03. The van der Waals surface area contributed by atoms with Crippen molar-refractivity contribution in [3.63, 3.8) is 0 Å². The summed E-state index contributed by atoms with van der Waals surface area (Å²) in [5.74, 6) is -0.794. The smallest absolute Gasteiger partial charge is 0.264 e.